The van der Waals surface area contributed by atoms with Gasteiger partial charge in [0.05, 0.1) is 11.0 Å². The largest absolute Gasteiger partial charge is 0.478 e. The average molecular weight is 273 g/mol. The van der Waals surface area contributed by atoms with Crippen LogP contribution in [0.15, 0.2) is 18.2 Å². The van der Waals surface area contributed by atoms with Gasteiger partial charge >= 0.3 is 5.97 Å². The number of likely N-dealkylation sites (tertiary alicyclic amines) is 1. The Hall–Kier alpha value is -1.84. The van der Waals surface area contributed by atoms with Crippen molar-refractivity contribution in [3.8, 4) is 0 Å². The SMILES string of the molecule is CN1CCC[C@@]2(CCc3cc(C(=O)O)ccc3C2)C1=O. The Labute approximate surface area is 118 Å². The number of hydrogen-bond acceptors (Lipinski definition) is 2. The van der Waals surface area contributed by atoms with E-state index in [2.05, 4.69) is 0 Å². The lowest BCUT2D eigenvalue weighted by Crippen LogP contribution is -2.49. The maximum absolute atomic E-state index is 12.5. The molecule has 0 radical (unpaired) electrons. The van der Waals surface area contributed by atoms with Crippen LogP contribution in [0.5, 0.6) is 0 Å². The number of nitrogens with zero attached hydrogens (tertiary/aromatic N) is 1. The molecular formula is C16H19NO3. The summed E-state index contributed by atoms with van der Waals surface area (Å²) in [6.07, 6.45) is 4.41. The molecule has 1 saturated heterocycles. The Bertz CT molecular complexity index is 581. The first-order valence-corrected chi connectivity index (χ1v) is 7.12. The van der Waals surface area contributed by atoms with E-state index in [-0.39, 0.29) is 11.3 Å². The third-order valence-electron chi connectivity index (χ3n) is 4.80. The summed E-state index contributed by atoms with van der Waals surface area (Å²) in [5.41, 5.74) is 2.33. The summed E-state index contributed by atoms with van der Waals surface area (Å²) in [5, 5.41) is 9.04. The Morgan fingerprint density at radius 1 is 1.30 bits per heavy atom. The zero-order chi connectivity index (χ0) is 14.3. The monoisotopic (exact) mass is 273 g/mol. The van der Waals surface area contributed by atoms with Gasteiger partial charge in [-0.3, -0.25) is 4.79 Å². The number of carboxylic acids is 1. The predicted octanol–water partition coefficient (Wildman–Crippen LogP) is 2.11. The average Bonchev–Trinajstić information content (AvgIpc) is 2.44. The van der Waals surface area contributed by atoms with Gasteiger partial charge in [0.2, 0.25) is 5.91 Å². The van der Waals surface area contributed by atoms with Crippen molar-refractivity contribution in [1.82, 2.24) is 4.90 Å². The number of amides is 1. The summed E-state index contributed by atoms with van der Waals surface area (Å²) in [4.78, 5) is 25.4. The standard InChI is InChI=1S/C16H19NO3/c1-17-8-2-6-16(15(17)20)7-5-11-9-12(14(18)19)3-4-13(11)10-16/h3-4,9H,2,5-8,10H2,1H3,(H,18,19)/t16-/m0/s1. The van der Waals surface area contributed by atoms with Crippen molar-refractivity contribution in [2.24, 2.45) is 5.41 Å². The molecule has 2 aliphatic rings. The molecule has 1 amide bonds. The highest BCUT2D eigenvalue weighted by molar-refractivity contribution is 5.88. The first-order valence-electron chi connectivity index (χ1n) is 7.12. The fourth-order valence-corrected chi connectivity index (χ4v) is 3.65. The van der Waals surface area contributed by atoms with Crippen molar-refractivity contribution in [2.45, 2.75) is 32.1 Å². The second kappa shape index (κ2) is 4.62. The molecule has 20 heavy (non-hydrogen) atoms. The molecule has 3 rings (SSSR count). The Kier molecular flexibility index (Phi) is 3.04. The number of carboxylic acid groups (broad SMARTS) is 1. The van der Waals surface area contributed by atoms with Crippen LogP contribution in [0.3, 0.4) is 0 Å². The first kappa shape index (κ1) is 13.2. The van der Waals surface area contributed by atoms with E-state index in [1.165, 1.54) is 0 Å². The molecule has 1 spiro atoms. The van der Waals surface area contributed by atoms with Gasteiger partial charge in [-0.15, -0.1) is 0 Å². The Morgan fingerprint density at radius 2 is 2.10 bits per heavy atom. The predicted molar refractivity (Wildman–Crippen MR) is 74.7 cm³/mol. The van der Waals surface area contributed by atoms with Gasteiger partial charge in [0.1, 0.15) is 0 Å². The molecule has 1 atom stereocenters. The molecule has 1 heterocycles. The highest BCUT2D eigenvalue weighted by Gasteiger charge is 2.44. The number of aromatic carboxylic acids is 1. The smallest absolute Gasteiger partial charge is 0.335 e. The van der Waals surface area contributed by atoms with Crippen LogP contribution in [-0.4, -0.2) is 35.5 Å². The fourth-order valence-electron chi connectivity index (χ4n) is 3.65. The van der Waals surface area contributed by atoms with Gasteiger partial charge in [0.15, 0.2) is 0 Å². The fraction of sp³-hybridized carbons (Fsp3) is 0.500. The second-order valence-corrected chi connectivity index (χ2v) is 6.08. The van der Waals surface area contributed by atoms with Crippen LogP contribution in [0.2, 0.25) is 0 Å². The minimum Gasteiger partial charge on any atom is -0.478 e. The number of hydrogen-bond donors (Lipinski definition) is 1. The third-order valence-corrected chi connectivity index (χ3v) is 4.80. The summed E-state index contributed by atoms with van der Waals surface area (Å²) < 4.78 is 0. The minimum absolute atomic E-state index is 0.245. The highest BCUT2D eigenvalue weighted by Crippen LogP contribution is 2.42. The van der Waals surface area contributed by atoms with E-state index < -0.39 is 5.97 Å². The molecule has 0 aromatic heterocycles. The van der Waals surface area contributed by atoms with Crippen LogP contribution in [0.4, 0.5) is 0 Å². The van der Waals surface area contributed by atoms with Crippen LogP contribution in [0.25, 0.3) is 0 Å². The van der Waals surface area contributed by atoms with Crippen molar-refractivity contribution in [3.05, 3.63) is 34.9 Å². The van der Waals surface area contributed by atoms with Gasteiger partial charge in [-0.1, -0.05) is 6.07 Å². The van der Waals surface area contributed by atoms with Crippen LogP contribution in [-0.2, 0) is 17.6 Å². The van der Waals surface area contributed by atoms with Gasteiger partial charge in [-0.25, -0.2) is 4.79 Å². The molecule has 4 heteroatoms. The van der Waals surface area contributed by atoms with E-state index >= 15 is 0 Å². The molecule has 1 fully saturated rings. The lowest BCUT2D eigenvalue weighted by Gasteiger charge is -2.43. The maximum atomic E-state index is 12.5. The molecule has 4 nitrogen and oxygen atoms in total. The summed E-state index contributed by atoms with van der Waals surface area (Å²) in [5.74, 6) is -0.627. The summed E-state index contributed by atoms with van der Waals surface area (Å²) in [6.45, 7) is 0.853. The number of carbonyl (C=O) groups is 2. The van der Waals surface area contributed by atoms with E-state index in [0.29, 0.717) is 5.56 Å². The molecule has 106 valence electrons. The Morgan fingerprint density at radius 3 is 2.85 bits per heavy atom. The van der Waals surface area contributed by atoms with Gasteiger partial charge in [0, 0.05) is 13.6 Å². The number of carbonyl (C=O) groups excluding carboxylic acids is 1. The van der Waals surface area contributed by atoms with Gasteiger partial charge in [0.25, 0.3) is 0 Å². The van der Waals surface area contributed by atoms with E-state index in [1.54, 1.807) is 12.1 Å². The van der Waals surface area contributed by atoms with Crippen molar-refractivity contribution >= 4 is 11.9 Å². The summed E-state index contributed by atoms with van der Waals surface area (Å²) >= 11 is 0. The third kappa shape index (κ3) is 1.99. The maximum Gasteiger partial charge on any atom is 0.335 e. The molecular weight excluding hydrogens is 254 g/mol. The first-order chi connectivity index (χ1) is 9.52. The van der Waals surface area contributed by atoms with Gasteiger partial charge in [-0.05, 0) is 55.4 Å². The van der Waals surface area contributed by atoms with E-state index in [0.717, 1.165) is 49.8 Å². The summed E-state index contributed by atoms with van der Waals surface area (Å²) in [6, 6.07) is 5.31. The molecule has 0 unspecified atom stereocenters. The Balaban J connectivity index is 1.92. The molecule has 1 aliphatic heterocycles. The minimum atomic E-state index is -0.887. The van der Waals surface area contributed by atoms with E-state index in [4.69, 9.17) is 5.11 Å². The summed E-state index contributed by atoms with van der Waals surface area (Å²) in [7, 11) is 1.88. The van der Waals surface area contributed by atoms with Gasteiger partial charge in [-0.2, -0.15) is 0 Å². The topological polar surface area (TPSA) is 57.6 Å². The number of rotatable bonds is 1. The van der Waals surface area contributed by atoms with E-state index in [9.17, 15) is 9.59 Å². The molecule has 0 bridgehead atoms. The van der Waals surface area contributed by atoms with E-state index in [1.807, 2.05) is 18.0 Å². The second-order valence-electron chi connectivity index (χ2n) is 6.08. The number of benzene rings is 1. The quantitative estimate of drug-likeness (QED) is 0.852. The highest BCUT2D eigenvalue weighted by atomic mass is 16.4. The van der Waals surface area contributed by atoms with Crippen molar-refractivity contribution < 1.29 is 14.7 Å². The van der Waals surface area contributed by atoms with Crippen LogP contribution in [0.1, 0.15) is 40.7 Å². The number of aryl methyl sites for hydroxylation is 1. The molecule has 1 aromatic rings. The van der Waals surface area contributed by atoms with Crippen molar-refractivity contribution in [2.75, 3.05) is 13.6 Å². The zero-order valence-corrected chi connectivity index (χ0v) is 11.7. The number of fused-ring (bicyclic) bond motifs is 1. The van der Waals surface area contributed by atoms with Crippen LogP contribution in [0, 0.1) is 5.41 Å². The zero-order valence-electron chi connectivity index (χ0n) is 11.7. The van der Waals surface area contributed by atoms with Crippen LogP contribution < -0.4 is 0 Å². The lowest BCUT2D eigenvalue weighted by molar-refractivity contribution is -0.145. The van der Waals surface area contributed by atoms with Gasteiger partial charge < -0.3 is 10.0 Å². The molecule has 1 aliphatic carbocycles. The van der Waals surface area contributed by atoms with Crippen LogP contribution >= 0.6 is 0 Å². The molecule has 0 saturated carbocycles. The number of piperidine rings is 1. The van der Waals surface area contributed by atoms with Crippen molar-refractivity contribution in [1.29, 1.82) is 0 Å². The molecule has 1 N–H and O–H groups in total. The normalized spacial score (nSPS) is 25.6. The van der Waals surface area contributed by atoms with Crippen molar-refractivity contribution in [3.63, 3.8) is 0 Å². The molecule has 1 aromatic carbocycles. The lowest BCUT2D eigenvalue weighted by atomic mass is 9.66.